The van der Waals surface area contributed by atoms with E-state index in [0.29, 0.717) is 5.02 Å². The maximum atomic E-state index is 12.6. The van der Waals surface area contributed by atoms with Crippen LogP contribution in [0.5, 0.6) is 0 Å². The Morgan fingerprint density at radius 3 is 2.60 bits per heavy atom. The van der Waals surface area contributed by atoms with E-state index in [1.165, 1.54) is 0 Å². The van der Waals surface area contributed by atoms with Crippen LogP contribution in [-0.4, -0.2) is 13.0 Å². The van der Waals surface area contributed by atoms with Crippen LogP contribution in [-0.2, 0) is 10.3 Å². The number of halogens is 1. The fourth-order valence-electron chi connectivity index (χ4n) is 2.83. The van der Waals surface area contributed by atoms with Crippen molar-refractivity contribution >= 4 is 23.2 Å². The predicted molar refractivity (Wildman–Crippen MR) is 81.1 cm³/mol. The van der Waals surface area contributed by atoms with Gasteiger partial charge in [-0.25, -0.2) is 0 Å². The Bertz CT molecular complexity index is 699. The fraction of sp³-hybridized carbons (Fsp3) is 0.188. The van der Waals surface area contributed by atoms with Crippen LogP contribution in [0.2, 0.25) is 5.02 Å². The molecule has 3 nitrogen and oxygen atoms in total. The first-order valence-electron chi connectivity index (χ1n) is 6.46. The summed E-state index contributed by atoms with van der Waals surface area (Å²) in [6, 6.07) is 13.4. The second kappa shape index (κ2) is 4.62. The Balaban J connectivity index is 2.32. The molecule has 3 rings (SSSR count). The summed E-state index contributed by atoms with van der Waals surface area (Å²) in [5.74, 6) is -0.103. The zero-order valence-electron chi connectivity index (χ0n) is 11.3. The van der Waals surface area contributed by atoms with Crippen LogP contribution < -0.4 is 10.6 Å². The molecule has 4 heteroatoms. The number of hydrogen-bond donors (Lipinski definition) is 2. The molecule has 2 aromatic carbocycles. The summed E-state index contributed by atoms with van der Waals surface area (Å²) in [5, 5.41) is 6.68. The molecular weight excluding hydrogens is 272 g/mol. The molecule has 0 saturated heterocycles. The Kier molecular flexibility index (Phi) is 3.04. The van der Waals surface area contributed by atoms with E-state index < -0.39 is 5.54 Å². The van der Waals surface area contributed by atoms with E-state index in [2.05, 4.69) is 10.6 Å². The minimum atomic E-state index is -0.931. The molecule has 0 fully saturated rings. The molecule has 20 heavy (non-hydrogen) atoms. The van der Waals surface area contributed by atoms with Crippen LogP contribution in [0, 0.1) is 6.92 Å². The molecule has 1 unspecified atom stereocenters. The Morgan fingerprint density at radius 2 is 1.90 bits per heavy atom. The van der Waals surface area contributed by atoms with Gasteiger partial charge < -0.3 is 5.32 Å². The lowest BCUT2D eigenvalue weighted by Crippen LogP contribution is -2.47. The van der Waals surface area contributed by atoms with Crippen molar-refractivity contribution in [2.24, 2.45) is 0 Å². The van der Waals surface area contributed by atoms with Crippen molar-refractivity contribution in [1.29, 1.82) is 0 Å². The number of likely N-dealkylation sites (N-methyl/N-ethyl adjacent to an activating group) is 1. The first kappa shape index (κ1) is 13.2. The molecule has 1 heterocycles. The molecule has 0 spiro atoms. The Labute approximate surface area is 123 Å². The monoisotopic (exact) mass is 286 g/mol. The molecule has 0 aliphatic carbocycles. The van der Waals surface area contributed by atoms with Crippen molar-refractivity contribution in [2.45, 2.75) is 12.5 Å². The van der Waals surface area contributed by atoms with Gasteiger partial charge in [-0.3, -0.25) is 10.1 Å². The van der Waals surface area contributed by atoms with E-state index in [1.807, 2.05) is 43.3 Å². The second-order valence-corrected chi connectivity index (χ2v) is 5.39. The van der Waals surface area contributed by atoms with Crippen molar-refractivity contribution in [2.75, 3.05) is 12.4 Å². The van der Waals surface area contributed by atoms with Gasteiger partial charge in [0.1, 0.15) is 0 Å². The van der Waals surface area contributed by atoms with Crippen LogP contribution in [0.1, 0.15) is 16.7 Å². The Hall–Kier alpha value is -1.84. The van der Waals surface area contributed by atoms with Crippen LogP contribution >= 0.6 is 11.6 Å². The third-order valence-corrected chi connectivity index (χ3v) is 4.15. The predicted octanol–water partition coefficient (Wildman–Crippen LogP) is 3.06. The maximum Gasteiger partial charge on any atom is 0.254 e. The molecule has 0 radical (unpaired) electrons. The van der Waals surface area contributed by atoms with E-state index in [9.17, 15) is 4.79 Å². The molecule has 0 saturated carbocycles. The number of anilines is 1. The number of carbonyl (C=O) groups is 1. The largest absolute Gasteiger partial charge is 0.324 e. The number of hydrogen-bond acceptors (Lipinski definition) is 2. The number of rotatable bonds is 2. The molecule has 2 N–H and O–H groups in total. The summed E-state index contributed by atoms with van der Waals surface area (Å²) in [7, 11) is 1.78. The van der Waals surface area contributed by atoms with E-state index >= 15 is 0 Å². The fourth-order valence-corrected chi connectivity index (χ4v) is 3.11. The normalized spacial score (nSPS) is 20.6. The van der Waals surface area contributed by atoms with Crippen molar-refractivity contribution in [1.82, 2.24) is 5.32 Å². The third kappa shape index (κ3) is 1.67. The average molecular weight is 287 g/mol. The third-order valence-electron chi connectivity index (χ3n) is 3.82. The zero-order chi connectivity index (χ0) is 14.3. The van der Waals surface area contributed by atoms with Crippen molar-refractivity contribution in [3.63, 3.8) is 0 Å². The van der Waals surface area contributed by atoms with Gasteiger partial charge in [-0.1, -0.05) is 47.5 Å². The van der Waals surface area contributed by atoms with Crippen LogP contribution in [0.25, 0.3) is 0 Å². The van der Waals surface area contributed by atoms with Crippen LogP contribution in [0.4, 0.5) is 5.69 Å². The summed E-state index contributed by atoms with van der Waals surface area (Å²) in [4.78, 5) is 12.6. The van der Waals surface area contributed by atoms with Crippen LogP contribution in [0.15, 0.2) is 42.5 Å². The van der Waals surface area contributed by atoms with Gasteiger partial charge in [-0.2, -0.15) is 0 Å². The topological polar surface area (TPSA) is 41.1 Å². The minimum absolute atomic E-state index is 0.103. The van der Waals surface area contributed by atoms with Gasteiger partial charge in [0.05, 0.1) is 0 Å². The van der Waals surface area contributed by atoms with E-state index in [1.54, 1.807) is 13.1 Å². The van der Waals surface area contributed by atoms with E-state index in [-0.39, 0.29) is 5.91 Å². The molecular formula is C16H15ClN2O. The summed E-state index contributed by atoms with van der Waals surface area (Å²) in [6.07, 6.45) is 0. The molecule has 102 valence electrons. The number of nitrogens with one attached hydrogen (secondary N) is 2. The molecule has 1 aliphatic rings. The average Bonchev–Trinajstić information content (AvgIpc) is 2.72. The smallest absolute Gasteiger partial charge is 0.254 e. The van der Waals surface area contributed by atoms with Gasteiger partial charge in [-0.05, 0) is 26.1 Å². The van der Waals surface area contributed by atoms with Crippen molar-refractivity contribution < 1.29 is 4.79 Å². The molecule has 1 aliphatic heterocycles. The van der Waals surface area contributed by atoms with Crippen molar-refractivity contribution in [3.8, 4) is 0 Å². The highest BCUT2D eigenvalue weighted by atomic mass is 35.5. The highest BCUT2D eigenvalue weighted by Gasteiger charge is 2.48. The highest BCUT2D eigenvalue weighted by molar-refractivity contribution is 6.32. The highest BCUT2D eigenvalue weighted by Crippen LogP contribution is 2.43. The lowest BCUT2D eigenvalue weighted by molar-refractivity contribution is -0.120. The maximum absolute atomic E-state index is 12.6. The molecule has 0 bridgehead atoms. The second-order valence-electron chi connectivity index (χ2n) is 4.98. The minimum Gasteiger partial charge on any atom is -0.324 e. The first-order valence-corrected chi connectivity index (χ1v) is 6.84. The lowest BCUT2D eigenvalue weighted by Gasteiger charge is -2.28. The number of benzene rings is 2. The number of carbonyl (C=O) groups excluding carboxylic acids is 1. The molecule has 2 aromatic rings. The SMILES string of the molecule is CNC1(c2ccccc2Cl)C(=O)Nc2ccc(C)cc21. The van der Waals surface area contributed by atoms with Gasteiger partial charge in [0.15, 0.2) is 5.54 Å². The summed E-state index contributed by atoms with van der Waals surface area (Å²) in [6.45, 7) is 2.01. The summed E-state index contributed by atoms with van der Waals surface area (Å²) >= 11 is 6.32. The number of aryl methyl sites for hydroxylation is 1. The quantitative estimate of drug-likeness (QED) is 0.891. The van der Waals surface area contributed by atoms with Crippen molar-refractivity contribution in [3.05, 3.63) is 64.2 Å². The standard InChI is InChI=1S/C16H15ClN2O/c1-10-7-8-14-12(9-10)16(18-2,15(20)19-14)11-5-3-4-6-13(11)17/h3-9,18H,1-2H3,(H,19,20). The van der Waals surface area contributed by atoms with Gasteiger partial charge >= 0.3 is 0 Å². The van der Waals surface area contributed by atoms with E-state index in [0.717, 1.165) is 22.4 Å². The van der Waals surface area contributed by atoms with E-state index in [4.69, 9.17) is 11.6 Å². The first-order chi connectivity index (χ1) is 9.59. The molecule has 0 aromatic heterocycles. The molecule has 1 atom stereocenters. The van der Waals surface area contributed by atoms with Gasteiger partial charge in [0, 0.05) is 21.8 Å². The van der Waals surface area contributed by atoms with Crippen LogP contribution in [0.3, 0.4) is 0 Å². The van der Waals surface area contributed by atoms with Gasteiger partial charge in [0.2, 0.25) is 0 Å². The lowest BCUT2D eigenvalue weighted by atomic mass is 9.83. The number of amides is 1. The number of fused-ring (bicyclic) bond motifs is 1. The van der Waals surface area contributed by atoms with Gasteiger partial charge in [0.25, 0.3) is 5.91 Å². The zero-order valence-corrected chi connectivity index (χ0v) is 12.1. The summed E-state index contributed by atoms with van der Waals surface area (Å²) < 4.78 is 0. The van der Waals surface area contributed by atoms with Gasteiger partial charge in [-0.15, -0.1) is 0 Å². The summed E-state index contributed by atoms with van der Waals surface area (Å²) in [5.41, 5.74) is 2.69. The molecule has 1 amide bonds. The Morgan fingerprint density at radius 1 is 1.15 bits per heavy atom.